The minimum atomic E-state index is -0.190. The van der Waals surface area contributed by atoms with Gasteiger partial charge in [-0.1, -0.05) is 38.1 Å². The van der Waals surface area contributed by atoms with Gasteiger partial charge in [-0.3, -0.25) is 10.1 Å². The Balaban J connectivity index is 2.59. The summed E-state index contributed by atoms with van der Waals surface area (Å²) in [5, 5.41) is 6.46. The van der Waals surface area contributed by atoms with Gasteiger partial charge in [0, 0.05) is 12.1 Å². The molecule has 2 unspecified atom stereocenters. The molecule has 3 heteroatoms. The van der Waals surface area contributed by atoms with Gasteiger partial charge in [0.05, 0.1) is 6.04 Å². The molecule has 0 aliphatic rings. The van der Waals surface area contributed by atoms with Crippen LogP contribution in [0.25, 0.3) is 0 Å². The van der Waals surface area contributed by atoms with Crippen LogP contribution in [-0.2, 0) is 4.79 Å². The van der Waals surface area contributed by atoms with Gasteiger partial charge < -0.3 is 5.32 Å². The zero-order valence-electron chi connectivity index (χ0n) is 13.4. The molecule has 1 aromatic carbocycles. The van der Waals surface area contributed by atoms with Crippen molar-refractivity contribution in [2.24, 2.45) is 0 Å². The zero-order valence-corrected chi connectivity index (χ0v) is 13.4. The Bertz CT molecular complexity index is 427. The van der Waals surface area contributed by atoms with E-state index < -0.39 is 0 Å². The summed E-state index contributed by atoms with van der Waals surface area (Å²) in [6, 6.07) is 8.54. The van der Waals surface area contributed by atoms with E-state index >= 15 is 0 Å². The molecule has 2 atom stereocenters. The van der Waals surface area contributed by atoms with Crippen LogP contribution in [0.5, 0.6) is 0 Å². The Hall–Kier alpha value is -1.35. The third-order valence-electron chi connectivity index (χ3n) is 3.88. The summed E-state index contributed by atoms with van der Waals surface area (Å²) in [4.78, 5) is 12.1. The van der Waals surface area contributed by atoms with Gasteiger partial charge in [-0.25, -0.2) is 0 Å². The molecule has 1 rings (SSSR count). The maximum atomic E-state index is 12.1. The van der Waals surface area contributed by atoms with Gasteiger partial charge in [0.25, 0.3) is 0 Å². The summed E-state index contributed by atoms with van der Waals surface area (Å²) in [6.45, 7) is 10.3. The minimum absolute atomic E-state index is 0.0825. The van der Waals surface area contributed by atoms with Crippen molar-refractivity contribution in [1.29, 1.82) is 0 Å². The maximum absolute atomic E-state index is 12.1. The lowest BCUT2D eigenvalue weighted by Gasteiger charge is -2.23. The molecule has 2 N–H and O–H groups in total. The third-order valence-corrected chi connectivity index (χ3v) is 3.88. The van der Waals surface area contributed by atoms with Crippen molar-refractivity contribution in [1.82, 2.24) is 10.6 Å². The monoisotopic (exact) mass is 276 g/mol. The van der Waals surface area contributed by atoms with Crippen molar-refractivity contribution in [3.8, 4) is 0 Å². The topological polar surface area (TPSA) is 41.1 Å². The van der Waals surface area contributed by atoms with Crippen molar-refractivity contribution in [3.63, 3.8) is 0 Å². The second kappa shape index (κ2) is 8.05. The molecular formula is C17H28N2O. The highest BCUT2D eigenvalue weighted by atomic mass is 16.2. The van der Waals surface area contributed by atoms with Crippen LogP contribution < -0.4 is 10.6 Å². The van der Waals surface area contributed by atoms with Gasteiger partial charge in [0.15, 0.2) is 0 Å². The van der Waals surface area contributed by atoms with Gasteiger partial charge in [-0.05, 0) is 44.7 Å². The standard InChI is InChI=1S/C17H28N2O/c1-6-15(7-2)19-17(20)14(5)18-13(4)16-11-9-8-10-12(16)3/h8-11,13-15,18H,6-7H2,1-5H3,(H,19,20). The second-order valence-corrected chi connectivity index (χ2v) is 5.49. The Morgan fingerprint density at radius 1 is 1.15 bits per heavy atom. The van der Waals surface area contributed by atoms with E-state index in [1.54, 1.807) is 0 Å². The predicted octanol–water partition coefficient (Wildman–Crippen LogP) is 3.34. The van der Waals surface area contributed by atoms with Crippen LogP contribution in [0.1, 0.15) is 57.7 Å². The van der Waals surface area contributed by atoms with Crippen LogP contribution in [-0.4, -0.2) is 18.0 Å². The molecule has 112 valence electrons. The number of nitrogens with one attached hydrogen (secondary N) is 2. The van der Waals surface area contributed by atoms with E-state index in [9.17, 15) is 4.79 Å². The van der Waals surface area contributed by atoms with Crippen molar-refractivity contribution in [3.05, 3.63) is 35.4 Å². The molecule has 0 fully saturated rings. The van der Waals surface area contributed by atoms with E-state index in [1.165, 1.54) is 11.1 Å². The molecule has 1 aromatic rings. The lowest BCUT2D eigenvalue weighted by atomic mass is 10.0. The number of carbonyl (C=O) groups excluding carboxylic acids is 1. The van der Waals surface area contributed by atoms with Gasteiger partial charge in [0.1, 0.15) is 0 Å². The molecule has 1 amide bonds. The first-order chi connectivity index (χ1) is 9.49. The zero-order chi connectivity index (χ0) is 15.1. The van der Waals surface area contributed by atoms with Crippen LogP contribution in [0.4, 0.5) is 0 Å². The molecule has 0 bridgehead atoms. The smallest absolute Gasteiger partial charge is 0.237 e. The quantitative estimate of drug-likeness (QED) is 0.802. The van der Waals surface area contributed by atoms with Gasteiger partial charge in [-0.15, -0.1) is 0 Å². The number of amides is 1. The SMILES string of the molecule is CCC(CC)NC(=O)C(C)NC(C)c1ccccc1C. The maximum Gasteiger partial charge on any atom is 0.237 e. The molecule has 0 heterocycles. The highest BCUT2D eigenvalue weighted by Crippen LogP contribution is 2.17. The van der Waals surface area contributed by atoms with E-state index in [4.69, 9.17) is 0 Å². The summed E-state index contributed by atoms with van der Waals surface area (Å²) < 4.78 is 0. The fourth-order valence-corrected chi connectivity index (χ4v) is 2.43. The number of rotatable bonds is 7. The molecule has 0 radical (unpaired) electrons. The highest BCUT2D eigenvalue weighted by molar-refractivity contribution is 5.81. The second-order valence-electron chi connectivity index (χ2n) is 5.49. The Kier molecular flexibility index (Phi) is 6.73. The number of aryl methyl sites for hydroxylation is 1. The van der Waals surface area contributed by atoms with E-state index in [1.807, 2.05) is 19.1 Å². The molecule has 0 aromatic heterocycles. The Morgan fingerprint density at radius 2 is 1.75 bits per heavy atom. The Morgan fingerprint density at radius 3 is 2.30 bits per heavy atom. The van der Waals surface area contributed by atoms with E-state index in [-0.39, 0.29) is 24.0 Å². The Labute approximate surface area is 123 Å². The van der Waals surface area contributed by atoms with Crippen LogP contribution >= 0.6 is 0 Å². The fraction of sp³-hybridized carbons (Fsp3) is 0.588. The average molecular weight is 276 g/mol. The number of hydrogen-bond acceptors (Lipinski definition) is 2. The molecule has 0 aliphatic heterocycles. The number of carbonyl (C=O) groups is 1. The van der Waals surface area contributed by atoms with Crippen molar-refractivity contribution in [2.75, 3.05) is 0 Å². The van der Waals surface area contributed by atoms with Crippen molar-refractivity contribution < 1.29 is 4.79 Å². The molecule has 0 saturated carbocycles. The van der Waals surface area contributed by atoms with Crippen molar-refractivity contribution >= 4 is 5.91 Å². The van der Waals surface area contributed by atoms with E-state index in [0.29, 0.717) is 0 Å². The van der Waals surface area contributed by atoms with Gasteiger partial charge in [-0.2, -0.15) is 0 Å². The first kappa shape index (κ1) is 16.7. The summed E-state index contributed by atoms with van der Waals surface area (Å²) in [6.07, 6.45) is 1.95. The lowest BCUT2D eigenvalue weighted by molar-refractivity contribution is -0.123. The summed E-state index contributed by atoms with van der Waals surface area (Å²) in [5.41, 5.74) is 2.50. The fourth-order valence-electron chi connectivity index (χ4n) is 2.43. The molecule has 0 saturated heterocycles. The predicted molar refractivity (Wildman–Crippen MR) is 84.7 cm³/mol. The molecule has 0 aliphatic carbocycles. The lowest BCUT2D eigenvalue weighted by Crippen LogP contribution is -2.46. The van der Waals surface area contributed by atoms with Crippen LogP contribution in [0.2, 0.25) is 0 Å². The normalized spacial score (nSPS) is 14.1. The molecular weight excluding hydrogens is 248 g/mol. The highest BCUT2D eigenvalue weighted by Gasteiger charge is 2.18. The van der Waals surface area contributed by atoms with Crippen LogP contribution in [0, 0.1) is 6.92 Å². The average Bonchev–Trinajstić information content (AvgIpc) is 2.44. The van der Waals surface area contributed by atoms with E-state index in [2.05, 4.69) is 50.5 Å². The number of benzene rings is 1. The first-order valence-electron chi connectivity index (χ1n) is 7.61. The largest absolute Gasteiger partial charge is 0.352 e. The van der Waals surface area contributed by atoms with Crippen LogP contribution in [0.3, 0.4) is 0 Å². The van der Waals surface area contributed by atoms with Gasteiger partial charge in [0.2, 0.25) is 5.91 Å². The molecule has 3 nitrogen and oxygen atoms in total. The molecule has 0 spiro atoms. The summed E-state index contributed by atoms with van der Waals surface area (Å²) in [5.74, 6) is 0.0825. The minimum Gasteiger partial charge on any atom is -0.352 e. The van der Waals surface area contributed by atoms with E-state index in [0.717, 1.165) is 12.8 Å². The molecule has 20 heavy (non-hydrogen) atoms. The van der Waals surface area contributed by atoms with Crippen LogP contribution in [0.15, 0.2) is 24.3 Å². The number of hydrogen-bond donors (Lipinski definition) is 2. The summed E-state index contributed by atoms with van der Waals surface area (Å²) >= 11 is 0. The first-order valence-corrected chi connectivity index (χ1v) is 7.61. The van der Waals surface area contributed by atoms with Gasteiger partial charge >= 0.3 is 0 Å². The summed E-state index contributed by atoms with van der Waals surface area (Å²) in [7, 11) is 0. The third kappa shape index (κ3) is 4.64. The van der Waals surface area contributed by atoms with Crippen molar-refractivity contribution in [2.45, 2.75) is 65.6 Å².